The van der Waals surface area contributed by atoms with Gasteiger partial charge in [-0.15, -0.1) is 5.75 Å². The van der Waals surface area contributed by atoms with E-state index in [9.17, 15) is 36.2 Å². The number of rotatable bonds is 32. The minimum Gasteiger partial charge on any atom is -0.872 e. The molecule has 0 aromatic heterocycles. The summed E-state index contributed by atoms with van der Waals surface area (Å²) in [5, 5.41) is 21.1. The smallest absolute Gasteiger partial charge is 0.872 e. The van der Waals surface area contributed by atoms with Gasteiger partial charge in [-0.25, -0.2) is 8.42 Å². The molecule has 2 N–H and O–H groups in total. The second-order valence-electron chi connectivity index (χ2n) is 16.9. The van der Waals surface area contributed by atoms with Crippen molar-refractivity contribution in [1.29, 1.82) is 0 Å². The zero-order valence-electron chi connectivity index (χ0n) is 39.2. The van der Waals surface area contributed by atoms with Gasteiger partial charge in [0.1, 0.15) is 43.8 Å². The maximum Gasteiger partial charge on any atom is 2.00 e. The van der Waals surface area contributed by atoms with Crippen molar-refractivity contribution in [3.05, 3.63) is 96.1 Å². The molecule has 0 aliphatic heterocycles. The molecule has 4 aromatic rings. The van der Waals surface area contributed by atoms with Crippen LogP contribution in [-0.2, 0) is 33.1 Å². The van der Waals surface area contributed by atoms with Crippen molar-refractivity contribution in [2.75, 3.05) is 0 Å². The Morgan fingerprint density at radius 3 is 1.20 bits per heavy atom. The molecule has 0 heterocycles. The largest absolute Gasteiger partial charge is 2.00 e. The number of benzene rings is 4. The topological polar surface area (TPSA) is 173 Å². The summed E-state index contributed by atoms with van der Waals surface area (Å²) in [6, 6.07) is 21.8. The number of phenols is 1. The molecule has 0 spiro atoms. The SMILES string of the molecule is CCCCCCCCCCCCCCc1ccccc1Oc1ccc(O)cc1S(=O)(=O)O.CCCCCCCCCCCCCCc1ccccc1Oc1ccc([O-])cc1S(=O)(=O)[O-].[Ca+2]. The number of ether oxygens (including phenoxy) is 2. The number of hydrogen-bond donors (Lipinski definition) is 2. The molecule has 0 atom stereocenters. The fourth-order valence-corrected chi connectivity index (χ4v) is 8.97. The van der Waals surface area contributed by atoms with Crippen molar-refractivity contribution in [3.8, 4) is 34.5 Å². The first-order chi connectivity index (χ1) is 30.8. The quantitative estimate of drug-likeness (QED) is 0.0272. The third kappa shape index (κ3) is 24.7. The van der Waals surface area contributed by atoms with Crippen molar-refractivity contribution >= 4 is 58.0 Å². The number of phenolic OH excluding ortho intramolecular Hbond substituents is 1. The van der Waals surface area contributed by atoms with E-state index in [1.54, 1.807) is 18.2 Å². The molecule has 4 rings (SSSR count). The standard InChI is InChI=1S/2C26H38O5S.Ca/c2*1-2-3-4-5-6-7-8-9-10-11-12-13-16-22-17-14-15-18-24(22)31-25-20-19-23(27)21-26(25)32(28,29)30;/h2*14-15,17-21,27H,2-13,16H2,1H3,(H,28,29,30);/q;;+2/p-2. The Morgan fingerprint density at radius 1 is 0.462 bits per heavy atom. The Kier molecular flexibility index (Phi) is 30.1. The van der Waals surface area contributed by atoms with Gasteiger partial charge in [0.05, 0.1) is 4.90 Å². The summed E-state index contributed by atoms with van der Waals surface area (Å²) in [7, 11) is -9.32. The Balaban J connectivity index is 0.000000440. The molecule has 0 aliphatic rings. The van der Waals surface area contributed by atoms with Gasteiger partial charge < -0.3 is 24.2 Å². The molecule has 4 aromatic carbocycles. The molecule has 0 fully saturated rings. The predicted octanol–water partition coefficient (Wildman–Crippen LogP) is 14.0. The minimum atomic E-state index is -4.80. The summed E-state index contributed by atoms with van der Waals surface area (Å²) >= 11 is 0. The fourth-order valence-electron chi connectivity index (χ4n) is 7.72. The molecule has 13 heteroatoms. The summed E-state index contributed by atoms with van der Waals surface area (Å²) in [6.07, 6.45) is 32.5. The maximum atomic E-state index is 11.6. The van der Waals surface area contributed by atoms with Crippen LogP contribution in [0.25, 0.3) is 0 Å². The van der Waals surface area contributed by atoms with E-state index < -0.39 is 35.8 Å². The van der Waals surface area contributed by atoms with Gasteiger partial charge in [0.25, 0.3) is 10.1 Å². The predicted molar refractivity (Wildman–Crippen MR) is 260 cm³/mol. The van der Waals surface area contributed by atoms with Crippen LogP contribution in [0.15, 0.2) is 94.7 Å². The molecule has 0 unspecified atom stereocenters. The molecule has 0 saturated heterocycles. The summed E-state index contributed by atoms with van der Waals surface area (Å²) in [4.78, 5) is -1.07. The van der Waals surface area contributed by atoms with Crippen molar-refractivity contribution in [3.63, 3.8) is 0 Å². The van der Waals surface area contributed by atoms with Gasteiger partial charge in [0.2, 0.25) is 0 Å². The number of hydrogen-bond acceptors (Lipinski definition) is 9. The van der Waals surface area contributed by atoms with Crippen LogP contribution < -0.4 is 14.6 Å². The van der Waals surface area contributed by atoms with Crippen LogP contribution in [0.4, 0.5) is 0 Å². The van der Waals surface area contributed by atoms with Gasteiger partial charge in [-0.2, -0.15) is 8.42 Å². The van der Waals surface area contributed by atoms with E-state index in [-0.39, 0.29) is 55.0 Å². The molecule has 0 radical (unpaired) electrons. The van der Waals surface area contributed by atoms with Gasteiger partial charge in [0, 0.05) is 6.07 Å². The summed E-state index contributed by atoms with van der Waals surface area (Å²) in [6.45, 7) is 4.50. The molecule has 0 amide bonds. The van der Waals surface area contributed by atoms with E-state index in [1.165, 1.54) is 153 Å². The first-order valence-corrected chi connectivity index (χ1v) is 26.8. The van der Waals surface area contributed by atoms with E-state index in [1.807, 2.05) is 30.3 Å². The summed E-state index contributed by atoms with van der Waals surface area (Å²) in [5.41, 5.74) is 1.95. The van der Waals surface area contributed by atoms with E-state index in [2.05, 4.69) is 13.8 Å². The van der Waals surface area contributed by atoms with E-state index in [0.717, 1.165) is 61.8 Å². The maximum absolute atomic E-state index is 11.6. The minimum absolute atomic E-state index is 0. The number of aryl methyl sites for hydroxylation is 2. The van der Waals surface area contributed by atoms with Crippen molar-refractivity contribution in [2.24, 2.45) is 0 Å². The summed E-state index contributed by atoms with van der Waals surface area (Å²) in [5.74, 6) is 0.158. The van der Waals surface area contributed by atoms with Gasteiger partial charge in [0.15, 0.2) is 0 Å². The van der Waals surface area contributed by atoms with Gasteiger partial charge in [-0.1, -0.05) is 198 Å². The van der Waals surface area contributed by atoms with E-state index in [4.69, 9.17) is 9.47 Å². The molecule has 0 saturated carbocycles. The van der Waals surface area contributed by atoms with Crippen LogP contribution in [0, 0.1) is 0 Å². The van der Waals surface area contributed by atoms with Crippen LogP contribution in [0.5, 0.6) is 34.5 Å². The second-order valence-corrected chi connectivity index (χ2v) is 19.6. The third-order valence-corrected chi connectivity index (χ3v) is 13.1. The van der Waals surface area contributed by atoms with Crippen molar-refractivity contribution in [2.45, 2.75) is 191 Å². The van der Waals surface area contributed by atoms with Crippen LogP contribution in [-0.4, -0.2) is 68.8 Å². The second kappa shape index (κ2) is 33.6. The Bertz CT molecular complexity index is 1970. The number of aromatic hydroxyl groups is 1. The summed E-state index contributed by atoms with van der Waals surface area (Å²) < 4.78 is 78.8. The molecular weight excluding hydrogens is 889 g/mol. The van der Waals surface area contributed by atoms with Gasteiger partial charge >= 0.3 is 37.7 Å². The zero-order valence-corrected chi connectivity index (χ0v) is 43.0. The Labute approximate surface area is 421 Å². The van der Waals surface area contributed by atoms with Crippen LogP contribution >= 0.6 is 0 Å². The molecule has 65 heavy (non-hydrogen) atoms. The molecule has 356 valence electrons. The third-order valence-electron chi connectivity index (χ3n) is 11.4. The first-order valence-electron chi connectivity index (χ1n) is 23.9. The molecule has 0 bridgehead atoms. The molecule has 10 nitrogen and oxygen atoms in total. The number of para-hydroxylation sites is 2. The zero-order chi connectivity index (χ0) is 46.5. The average Bonchev–Trinajstić information content (AvgIpc) is 3.26. The van der Waals surface area contributed by atoms with Gasteiger partial charge in [-0.3, -0.25) is 4.55 Å². The normalized spacial score (nSPS) is 11.4. The monoisotopic (exact) mass is 962 g/mol. The van der Waals surface area contributed by atoms with Crippen molar-refractivity contribution in [1.82, 2.24) is 0 Å². The molecule has 0 aliphatic carbocycles. The molecular formula is C52H74CaO10S2. The number of unbranched alkanes of at least 4 members (excludes halogenated alkanes) is 22. The first kappa shape index (κ1) is 58.3. The fraction of sp³-hybridized carbons (Fsp3) is 0.538. The van der Waals surface area contributed by atoms with Gasteiger partial charge in [-0.05, 0) is 73.2 Å². The Hall–Kier alpha value is -2.84. The van der Waals surface area contributed by atoms with E-state index in [0.29, 0.717) is 11.5 Å². The van der Waals surface area contributed by atoms with E-state index >= 15 is 0 Å². The average molecular weight is 963 g/mol. The Morgan fingerprint density at radius 2 is 0.815 bits per heavy atom. The van der Waals surface area contributed by atoms with Crippen LogP contribution in [0.1, 0.15) is 179 Å². The van der Waals surface area contributed by atoms with Crippen LogP contribution in [0.3, 0.4) is 0 Å². The van der Waals surface area contributed by atoms with Crippen molar-refractivity contribution < 1.29 is 45.6 Å². The van der Waals surface area contributed by atoms with Crippen LogP contribution in [0.2, 0.25) is 0 Å².